The van der Waals surface area contributed by atoms with Crippen LogP contribution in [0.25, 0.3) is 10.9 Å². The van der Waals surface area contributed by atoms with Crippen molar-refractivity contribution >= 4 is 28.1 Å². The Morgan fingerprint density at radius 1 is 0.967 bits per heavy atom. The summed E-state index contributed by atoms with van der Waals surface area (Å²) in [5.74, 6) is 1.88. The Hall–Kier alpha value is -2.06. The van der Waals surface area contributed by atoms with Crippen molar-refractivity contribution in [3.8, 4) is 0 Å². The number of benzene rings is 1. The third-order valence-corrected chi connectivity index (χ3v) is 6.37. The molecule has 0 amide bonds. The number of thiophene rings is 1. The van der Waals surface area contributed by atoms with Crippen LogP contribution in [0.5, 0.6) is 0 Å². The lowest BCUT2D eigenvalue weighted by atomic mass is 10.2. The molecule has 4 rings (SSSR count). The summed E-state index contributed by atoms with van der Waals surface area (Å²) in [7, 11) is 4.22. The van der Waals surface area contributed by atoms with Crippen LogP contribution in [0.15, 0.2) is 41.8 Å². The monoisotopic (exact) mass is 424 g/mol. The molecule has 0 bridgehead atoms. The van der Waals surface area contributed by atoms with Crippen molar-refractivity contribution in [3.05, 3.63) is 52.5 Å². The minimum atomic E-state index is 0.810. The molecule has 0 spiro atoms. The van der Waals surface area contributed by atoms with Gasteiger partial charge in [0.25, 0.3) is 0 Å². The standard InChI is InChI=1S/C23H32N6S/c1-27(2)11-6-10-24-23-20-8-3-4-9-21(20)25-22(26-23)18-29-14-12-28(13-15-29)17-19-7-5-16-30-19/h3-5,7-9,16H,6,10-15,17-18H2,1-2H3,(H,24,25,26). The first-order chi connectivity index (χ1) is 14.7. The summed E-state index contributed by atoms with van der Waals surface area (Å²) in [6.07, 6.45) is 1.09. The van der Waals surface area contributed by atoms with Gasteiger partial charge in [-0.2, -0.15) is 0 Å². The molecular formula is C23H32N6S. The Kier molecular flexibility index (Phi) is 7.28. The smallest absolute Gasteiger partial charge is 0.145 e. The van der Waals surface area contributed by atoms with E-state index in [0.29, 0.717) is 0 Å². The Labute approximate surface area is 183 Å². The average Bonchev–Trinajstić information content (AvgIpc) is 3.25. The zero-order chi connectivity index (χ0) is 20.8. The lowest BCUT2D eigenvalue weighted by Crippen LogP contribution is -2.45. The highest BCUT2D eigenvalue weighted by atomic mass is 32.1. The normalized spacial score (nSPS) is 15.8. The molecule has 3 heterocycles. The molecule has 0 atom stereocenters. The van der Waals surface area contributed by atoms with E-state index in [0.717, 1.165) is 81.3 Å². The minimum absolute atomic E-state index is 0.810. The maximum Gasteiger partial charge on any atom is 0.145 e. The van der Waals surface area contributed by atoms with Gasteiger partial charge in [0, 0.05) is 49.5 Å². The number of nitrogens with zero attached hydrogens (tertiary/aromatic N) is 5. The molecule has 0 aliphatic carbocycles. The number of rotatable bonds is 9. The van der Waals surface area contributed by atoms with Crippen LogP contribution in [0.3, 0.4) is 0 Å². The van der Waals surface area contributed by atoms with Crippen LogP contribution >= 0.6 is 11.3 Å². The number of anilines is 1. The number of nitrogens with one attached hydrogen (secondary N) is 1. The second kappa shape index (κ2) is 10.3. The molecule has 1 N–H and O–H groups in total. The Bertz CT molecular complexity index is 919. The van der Waals surface area contributed by atoms with Gasteiger partial charge in [-0.25, -0.2) is 9.97 Å². The van der Waals surface area contributed by atoms with E-state index in [2.05, 4.69) is 75.9 Å². The fraction of sp³-hybridized carbons (Fsp3) is 0.478. The Morgan fingerprint density at radius 3 is 2.47 bits per heavy atom. The molecule has 1 aliphatic heterocycles. The van der Waals surface area contributed by atoms with Crippen LogP contribution in [0, 0.1) is 0 Å². The number of aromatic nitrogens is 2. The quantitative estimate of drug-likeness (QED) is 0.532. The largest absolute Gasteiger partial charge is 0.369 e. The molecule has 1 fully saturated rings. The highest BCUT2D eigenvalue weighted by Crippen LogP contribution is 2.21. The summed E-state index contributed by atoms with van der Waals surface area (Å²) in [6.45, 7) is 8.18. The first kappa shape index (κ1) is 21.2. The molecule has 2 aromatic heterocycles. The van der Waals surface area contributed by atoms with Gasteiger partial charge in [0.2, 0.25) is 0 Å². The lowest BCUT2D eigenvalue weighted by Gasteiger charge is -2.34. The maximum absolute atomic E-state index is 4.90. The molecule has 1 aliphatic rings. The Morgan fingerprint density at radius 2 is 1.73 bits per heavy atom. The van der Waals surface area contributed by atoms with Gasteiger partial charge in [0.1, 0.15) is 11.6 Å². The second-order valence-electron chi connectivity index (χ2n) is 8.22. The Balaban J connectivity index is 1.37. The highest BCUT2D eigenvalue weighted by Gasteiger charge is 2.19. The van der Waals surface area contributed by atoms with E-state index in [1.165, 1.54) is 4.88 Å². The zero-order valence-corrected chi connectivity index (χ0v) is 18.9. The van der Waals surface area contributed by atoms with E-state index in [1.807, 2.05) is 11.3 Å². The van der Waals surface area contributed by atoms with Crippen molar-refractivity contribution in [1.29, 1.82) is 0 Å². The summed E-state index contributed by atoms with van der Waals surface area (Å²) in [6, 6.07) is 12.7. The summed E-state index contributed by atoms with van der Waals surface area (Å²) >= 11 is 1.85. The molecule has 6 nitrogen and oxygen atoms in total. The number of para-hydroxylation sites is 1. The molecule has 1 saturated heterocycles. The van der Waals surface area contributed by atoms with E-state index in [9.17, 15) is 0 Å². The van der Waals surface area contributed by atoms with Gasteiger partial charge in [-0.15, -0.1) is 11.3 Å². The number of fused-ring (bicyclic) bond motifs is 1. The van der Waals surface area contributed by atoms with Crippen molar-refractivity contribution in [2.45, 2.75) is 19.5 Å². The molecule has 1 aromatic carbocycles. The topological polar surface area (TPSA) is 47.5 Å². The highest BCUT2D eigenvalue weighted by molar-refractivity contribution is 7.09. The van der Waals surface area contributed by atoms with Crippen LogP contribution in [-0.2, 0) is 13.1 Å². The third-order valence-electron chi connectivity index (χ3n) is 5.51. The van der Waals surface area contributed by atoms with E-state index in [1.54, 1.807) is 0 Å². The fourth-order valence-electron chi connectivity index (χ4n) is 3.86. The van der Waals surface area contributed by atoms with Crippen LogP contribution in [0.4, 0.5) is 5.82 Å². The SMILES string of the molecule is CN(C)CCCNc1nc(CN2CCN(Cc3cccs3)CC2)nc2ccccc12. The molecule has 160 valence electrons. The number of hydrogen-bond donors (Lipinski definition) is 1. The van der Waals surface area contributed by atoms with E-state index in [-0.39, 0.29) is 0 Å². The van der Waals surface area contributed by atoms with Crippen molar-refractivity contribution in [2.24, 2.45) is 0 Å². The van der Waals surface area contributed by atoms with Crippen LogP contribution < -0.4 is 5.32 Å². The molecule has 7 heteroatoms. The molecule has 3 aromatic rings. The van der Waals surface area contributed by atoms with E-state index in [4.69, 9.17) is 9.97 Å². The van der Waals surface area contributed by atoms with E-state index < -0.39 is 0 Å². The molecule has 30 heavy (non-hydrogen) atoms. The minimum Gasteiger partial charge on any atom is -0.369 e. The van der Waals surface area contributed by atoms with Crippen molar-refractivity contribution < 1.29 is 0 Å². The maximum atomic E-state index is 4.90. The molecule has 0 saturated carbocycles. The van der Waals surface area contributed by atoms with Crippen molar-refractivity contribution in [1.82, 2.24) is 24.7 Å². The van der Waals surface area contributed by atoms with Gasteiger partial charge in [0.15, 0.2) is 0 Å². The van der Waals surface area contributed by atoms with Gasteiger partial charge in [0.05, 0.1) is 12.1 Å². The van der Waals surface area contributed by atoms with Gasteiger partial charge in [-0.05, 0) is 50.6 Å². The summed E-state index contributed by atoms with van der Waals surface area (Å²) in [5, 5.41) is 6.81. The first-order valence-corrected chi connectivity index (χ1v) is 11.7. The van der Waals surface area contributed by atoms with Crippen LogP contribution in [0.2, 0.25) is 0 Å². The average molecular weight is 425 g/mol. The summed E-state index contributed by atoms with van der Waals surface area (Å²) in [5.41, 5.74) is 1.02. The molecule has 0 unspecified atom stereocenters. The van der Waals surface area contributed by atoms with E-state index >= 15 is 0 Å². The third kappa shape index (κ3) is 5.76. The van der Waals surface area contributed by atoms with Crippen LogP contribution in [0.1, 0.15) is 17.1 Å². The van der Waals surface area contributed by atoms with Crippen molar-refractivity contribution in [3.63, 3.8) is 0 Å². The van der Waals surface area contributed by atoms with Gasteiger partial charge < -0.3 is 10.2 Å². The predicted molar refractivity (Wildman–Crippen MR) is 126 cm³/mol. The fourth-order valence-corrected chi connectivity index (χ4v) is 4.61. The lowest BCUT2D eigenvalue weighted by molar-refractivity contribution is 0.121. The first-order valence-electron chi connectivity index (χ1n) is 10.8. The number of hydrogen-bond acceptors (Lipinski definition) is 7. The van der Waals surface area contributed by atoms with Gasteiger partial charge in [-0.1, -0.05) is 18.2 Å². The summed E-state index contributed by atoms with van der Waals surface area (Å²) in [4.78, 5) is 18.4. The van der Waals surface area contributed by atoms with Gasteiger partial charge >= 0.3 is 0 Å². The molecule has 0 radical (unpaired) electrons. The number of piperazine rings is 1. The van der Waals surface area contributed by atoms with Crippen molar-refractivity contribution in [2.75, 3.05) is 58.7 Å². The molecular weight excluding hydrogens is 392 g/mol. The summed E-state index contributed by atoms with van der Waals surface area (Å²) < 4.78 is 0. The predicted octanol–water partition coefficient (Wildman–Crippen LogP) is 3.37. The second-order valence-corrected chi connectivity index (χ2v) is 9.25. The van der Waals surface area contributed by atoms with Gasteiger partial charge in [-0.3, -0.25) is 9.80 Å². The zero-order valence-electron chi connectivity index (χ0n) is 18.0. The van der Waals surface area contributed by atoms with Crippen LogP contribution in [-0.4, -0.2) is 78.0 Å².